The highest BCUT2D eigenvalue weighted by Gasteiger charge is 2.37. The summed E-state index contributed by atoms with van der Waals surface area (Å²) in [6.07, 6.45) is 2.26. The summed E-state index contributed by atoms with van der Waals surface area (Å²) in [4.78, 5) is 26.1. The Morgan fingerprint density at radius 3 is 2.92 bits per heavy atom. The van der Waals surface area contributed by atoms with Crippen molar-refractivity contribution in [2.24, 2.45) is 0 Å². The lowest BCUT2D eigenvalue weighted by molar-refractivity contribution is -0.128. The summed E-state index contributed by atoms with van der Waals surface area (Å²) in [7, 11) is 0. The van der Waals surface area contributed by atoms with E-state index in [9.17, 15) is 14.7 Å². The Kier molecular flexibility index (Phi) is 5.71. The van der Waals surface area contributed by atoms with Gasteiger partial charge in [-0.1, -0.05) is 24.3 Å². The summed E-state index contributed by atoms with van der Waals surface area (Å²) >= 11 is 0. The molecule has 1 heterocycles. The molecule has 2 aliphatic rings. The van der Waals surface area contributed by atoms with Crippen LogP contribution in [0.15, 0.2) is 24.3 Å². The molecule has 6 heteroatoms. The summed E-state index contributed by atoms with van der Waals surface area (Å²) in [6, 6.07) is 7.53. The number of hydrogen-bond donors (Lipinski definition) is 3. The maximum Gasteiger partial charge on any atom is 0.234 e. The summed E-state index contributed by atoms with van der Waals surface area (Å²) in [5, 5.41) is 16.6. The number of aliphatic hydroxyl groups excluding tert-OH is 1. The lowest BCUT2D eigenvalue weighted by Gasteiger charge is -2.42. The minimum absolute atomic E-state index is 0.00385. The van der Waals surface area contributed by atoms with E-state index in [1.165, 1.54) is 0 Å². The molecular formula is C19H27N3O3. The van der Waals surface area contributed by atoms with Crippen molar-refractivity contribution in [3.8, 4) is 0 Å². The van der Waals surface area contributed by atoms with Gasteiger partial charge < -0.3 is 15.7 Å². The Labute approximate surface area is 148 Å². The quantitative estimate of drug-likeness (QED) is 0.736. The van der Waals surface area contributed by atoms with Gasteiger partial charge in [0.15, 0.2) is 0 Å². The van der Waals surface area contributed by atoms with Gasteiger partial charge >= 0.3 is 0 Å². The monoisotopic (exact) mass is 345 g/mol. The van der Waals surface area contributed by atoms with Crippen LogP contribution in [0.5, 0.6) is 0 Å². The third-order valence-electron chi connectivity index (χ3n) is 5.32. The first-order chi connectivity index (χ1) is 12.0. The lowest BCUT2D eigenvalue weighted by atomic mass is 9.86. The molecular weight excluding hydrogens is 318 g/mol. The van der Waals surface area contributed by atoms with Gasteiger partial charge in [-0.2, -0.15) is 0 Å². The minimum atomic E-state index is -0.638. The van der Waals surface area contributed by atoms with E-state index in [1.54, 1.807) is 0 Å². The molecule has 1 saturated carbocycles. The van der Waals surface area contributed by atoms with Crippen LogP contribution in [0.2, 0.25) is 0 Å². The molecule has 0 aromatic heterocycles. The van der Waals surface area contributed by atoms with Crippen LogP contribution in [-0.4, -0.2) is 59.6 Å². The van der Waals surface area contributed by atoms with E-state index >= 15 is 0 Å². The third-order valence-corrected chi connectivity index (χ3v) is 5.32. The van der Waals surface area contributed by atoms with Crippen LogP contribution in [0.4, 0.5) is 0 Å². The summed E-state index contributed by atoms with van der Waals surface area (Å²) < 4.78 is 0. The highest BCUT2D eigenvalue weighted by molar-refractivity contribution is 5.79. The van der Waals surface area contributed by atoms with Gasteiger partial charge in [-0.05, 0) is 37.3 Å². The first-order valence-electron chi connectivity index (χ1n) is 9.07. The first kappa shape index (κ1) is 17.9. The maximum absolute atomic E-state index is 12.4. The van der Waals surface area contributed by atoms with Crippen LogP contribution >= 0.6 is 0 Å². The maximum atomic E-state index is 12.4. The van der Waals surface area contributed by atoms with E-state index in [0.717, 1.165) is 36.9 Å². The normalized spacial score (nSPS) is 27.6. The first-order valence-corrected chi connectivity index (χ1v) is 9.07. The second-order valence-corrected chi connectivity index (χ2v) is 7.09. The van der Waals surface area contributed by atoms with E-state index in [-0.39, 0.29) is 23.9 Å². The fourth-order valence-electron chi connectivity index (χ4n) is 3.89. The number of carbonyl (C=O) groups is 2. The Hall–Kier alpha value is -1.92. The van der Waals surface area contributed by atoms with E-state index in [2.05, 4.69) is 10.6 Å². The Balaban J connectivity index is 1.59. The number of aliphatic hydroxyl groups is 1. The van der Waals surface area contributed by atoms with Crippen LogP contribution in [0, 0.1) is 6.92 Å². The van der Waals surface area contributed by atoms with Crippen molar-refractivity contribution in [3.05, 3.63) is 35.4 Å². The third kappa shape index (κ3) is 4.38. The number of rotatable bonds is 4. The smallest absolute Gasteiger partial charge is 0.234 e. The highest BCUT2D eigenvalue weighted by atomic mass is 16.3. The van der Waals surface area contributed by atoms with Crippen molar-refractivity contribution in [1.29, 1.82) is 0 Å². The van der Waals surface area contributed by atoms with E-state index in [4.69, 9.17) is 0 Å². The van der Waals surface area contributed by atoms with Crippen LogP contribution in [0.1, 0.15) is 30.4 Å². The van der Waals surface area contributed by atoms with E-state index in [1.807, 2.05) is 36.1 Å². The number of amides is 2. The molecule has 1 aromatic carbocycles. The molecule has 3 rings (SSSR count). The predicted molar refractivity (Wildman–Crippen MR) is 95.0 cm³/mol. The van der Waals surface area contributed by atoms with Crippen molar-refractivity contribution >= 4 is 11.8 Å². The molecule has 2 amide bonds. The van der Waals surface area contributed by atoms with Crippen molar-refractivity contribution in [3.63, 3.8) is 0 Å². The molecule has 1 aliphatic carbocycles. The predicted octanol–water partition coefficient (Wildman–Crippen LogP) is 0.368. The number of carbonyl (C=O) groups excluding carboxylic acids is 2. The fraction of sp³-hybridized carbons (Fsp3) is 0.579. The molecule has 0 unspecified atom stereocenters. The Morgan fingerprint density at radius 1 is 1.36 bits per heavy atom. The summed E-state index contributed by atoms with van der Waals surface area (Å²) in [5.74, 6) is -0.0560. The number of benzene rings is 1. The molecule has 0 radical (unpaired) electrons. The van der Waals surface area contributed by atoms with Gasteiger partial charge in [0.25, 0.3) is 0 Å². The van der Waals surface area contributed by atoms with Crippen molar-refractivity contribution < 1.29 is 14.7 Å². The largest absolute Gasteiger partial charge is 0.389 e. The standard InChI is InChI=1S/C19H27N3O3/c1-13-5-2-3-6-14(13)11-17(23)21-15-7-4-8-16(19(15)25)22-10-9-20-18(24)12-22/h2-3,5-6,15-16,19,25H,4,7-12H2,1H3,(H,20,24)(H,21,23)/t15-,16-,19-/m1/s1. The van der Waals surface area contributed by atoms with Crippen molar-refractivity contribution in [2.75, 3.05) is 19.6 Å². The summed E-state index contributed by atoms with van der Waals surface area (Å²) in [6.45, 7) is 3.69. The van der Waals surface area contributed by atoms with Crippen molar-refractivity contribution in [1.82, 2.24) is 15.5 Å². The molecule has 25 heavy (non-hydrogen) atoms. The average Bonchev–Trinajstić information content (AvgIpc) is 2.59. The van der Waals surface area contributed by atoms with Gasteiger partial charge in [0.2, 0.25) is 11.8 Å². The zero-order valence-corrected chi connectivity index (χ0v) is 14.7. The zero-order chi connectivity index (χ0) is 17.8. The molecule has 2 fully saturated rings. The highest BCUT2D eigenvalue weighted by Crippen LogP contribution is 2.24. The molecule has 136 valence electrons. The van der Waals surface area contributed by atoms with Crippen molar-refractivity contribution in [2.45, 2.75) is 50.8 Å². The number of hydrogen-bond acceptors (Lipinski definition) is 4. The van der Waals surface area contributed by atoms with Gasteiger partial charge in [-0.15, -0.1) is 0 Å². The van der Waals surface area contributed by atoms with Crippen LogP contribution in [0.25, 0.3) is 0 Å². The molecule has 0 bridgehead atoms. The van der Waals surface area contributed by atoms with E-state index in [0.29, 0.717) is 19.5 Å². The Bertz CT molecular complexity index is 634. The van der Waals surface area contributed by atoms with Gasteiger partial charge in [-0.3, -0.25) is 14.5 Å². The second kappa shape index (κ2) is 7.97. The molecule has 1 saturated heterocycles. The lowest BCUT2D eigenvalue weighted by Crippen LogP contribution is -2.60. The fourth-order valence-corrected chi connectivity index (χ4v) is 3.89. The molecule has 3 atom stereocenters. The van der Waals surface area contributed by atoms with Gasteiger partial charge in [0.05, 0.1) is 25.1 Å². The van der Waals surface area contributed by atoms with Gasteiger partial charge in [0.1, 0.15) is 0 Å². The van der Waals surface area contributed by atoms with Crippen LogP contribution in [-0.2, 0) is 16.0 Å². The van der Waals surface area contributed by atoms with E-state index < -0.39 is 6.10 Å². The SMILES string of the molecule is Cc1ccccc1CC(=O)N[C@@H]1CCC[C@@H](N2CCNC(=O)C2)[C@@H]1O. The summed E-state index contributed by atoms with van der Waals surface area (Å²) in [5.41, 5.74) is 2.11. The van der Waals surface area contributed by atoms with Crippen LogP contribution < -0.4 is 10.6 Å². The number of aryl methyl sites for hydroxylation is 1. The minimum Gasteiger partial charge on any atom is -0.389 e. The zero-order valence-electron chi connectivity index (χ0n) is 14.7. The van der Waals surface area contributed by atoms with Gasteiger partial charge in [0, 0.05) is 19.1 Å². The molecule has 3 N–H and O–H groups in total. The molecule has 1 aromatic rings. The van der Waals surface area contributed by atoms with Crippen LogP contribution in [0.3, 0.4) is 0 Å². The second-order valence-electron chi connectivity index (χ2n) is 7.09. The van der Waals surface area contributed by atoms with Gasteiger partial charge in [-0.25, -0.2) is 0 Å². The Morgan fingerprint density at radius 2 is 2.16 bits per heavy atom. The molecule has 6 nitrogen and oxygen atoms in total. The molecule has 1 aliphatic heterocycles. The number of nitrogens with zero attached hydrogens (tertiary/aromatic N) is 1. The number of piperazine rings is 1. The average molecular weight is 345 g/mol. The number of nitrogens with one attached hydrogen (secondary N) is 2. The topological polar surface area (TPSA) is 81.7 Å². The molecule has 0 spiro atoms.